The Morgan fingerprint density at radius 3 is 2.91 bits per heavy atom. The Labute approximate surface area is 127 Å². The number of nitrogens with zero attached hydrogens (tertiary/aromatic N) is 2. The van der Waals surface area contributed by atoms with Gasteiger partial charge in [-0.15, -0.1) is 0 Å². The molecule has 0 aliphatic rings. The van der Waals surface area contributed by atoms with Crippen molar-refractivity contribution in [3.05, 3.63) is 48.0 Å². The molecule has 22 heavy (non-hydrogen) atoms. The summed E-state index contributed by atoms with van der Waals surface area (Å²) >= 11 is 0. The van der Waals surface area contributed by atoms with Crippen LogP contribution < -0.4 is 10.1 Å². The van der Waals surface area contributed by atoms with Gasteiger partial charge < -0.3 is 10.1 Å². The Bertz CT molecular complexity index is 797. The molecule has 0 radical (unpaired) electrons. The number of rotatable bonds is 5. The minimum Gasteiger partial charge on any atom is -0.496 e. The molecular formula is C16H16N4O2. The van der Waals surface area contributed by atoms with Gasteiger partial charge in [-0.2, -0.15) is 15.4 Å². The molecule has 2 N–H and O–H groups in total. The van der Waals surface area contributed by atoms with Crippen LogP contribution in [0.4, 0.5) is 5.69 Å². The molecule has 1 aromatic heterocycles. The Kier molecular flexibility index (Phi) is 4.00. The molecule has 0 atom stereocenters. The molecule has 0 fully saturated rings. The fourth-order valence-corrected chi connectivity index (χ4v) is 2.34. The third-order valence-electron chi connectivity index (χ3n) is 3.43. The molecule has 1 heterocycles. The molecule has 1 amide bonds. The van der Waals surface area contributed by atoms with Gasteiger partial charge in [-0.25, -0.2) is 0 Å². The van der Waals surface area contributed by atoms with E-state index in [2.05, 4.69) is 20.7 Å². The number of aromatic nitrogens is 3. The SMILES string of the molecule is COc1ccccc1CCC(=O)Nc1cccc2n[nH]nc12. The summed E-state index contributed by atoms with van der Waals surface area (Å²) in [5.41, 5.74) is 3.06. The van der Waals surface area contributed by atoms with Crippen LogP contribution in [0.1, 0.15) is 12.0 Å². The maximum Gasteiger partial charge on any atom is 0.224 e. The highest BCUT2D eigenvalue weighted by atomic mass is 16.5. The molecule has 2 aromatic carbocycles. The number of aromatic amines is 1. The number of fused-ring (bicyclic) bond motifs is 1. The molecule has 112 valence electrons. The first kappa shape index (κ1) is 14.1. The molecule has 0 bridgehead atoms. The van der Waals surface area contributed by atoms with Gasteiger partial charge in [0.1, 0.15) is 16.8 Å². The highest BCUT2D eigenvalue weighted by Crippen LogP contribution is 2.21. The number of para-hydroxylation sites is 2. The lowest BCUT2D eigenvalue weighted by molar-refractivity contribution is -0.116. The number of amides is 1. The Morgan fingerprint density at radius 2 is 2.05 bits per heavy atom. The Hall–Kier alpha value is -2.89. The van der Waals surface area contributed by atoms with E-state index in [1.165, 1.54) is 0 Å². The Balaban J connectivity index is 1.67. The van der Waals surface area contributed by atoms with Crippen LogP contribution >= 0.6 is 0 Å². The van der Waals surface area contributed by atoms with E-state index in [1.807, 2.05) is 42.5 Å². The highest BCUT2D eigenvalue weighted by Gasteiger charge is 2.10. The van der Waals surface area contributed by atoms with Gasteiger partial charge in [-0.05, 0) is 30.2 Å². The van der Waals surface area contributed by atoms with Crippen molar-refractivity contribution < 1.29 is 9.53 Å². The highest BCUT2D eigenvalue weighted by molar-refractivity contribution is 5.99. The van der Waals surface area contributed by atoms with Crippen LogP contribution in [0.15, 0.2) is 42.5 Å². The van der Waals surface area contributed by atoms with Crippen LogP contribution in [-0.2, 0) is 11.2 Å². The lowest BCUT2D eigenvalue weighted by Crippen LogP contribution is -2.12. The lowest BCUT2D eigenvalue weighted by Gasteiger charge is -2.08. The molecule has 0 saturated heterocycles. The average Bonchev–Trinajstić information content (AvgIpc) is 3.03. The van der Waals surface area contributed by atoms with Gasteiger partial charge in [0.15, 0.2) is 0 Å². The quantitative estimate of drug-likeness (QED) is 0.758. The fraction of sp³-hybridized carbons (Fsp3) is 0.188. The summed E-state index contributed by atoms with van der Waals surface area (Å²) in [6.07, 6.45) is 0.985. The number of methoxy groups -OCH3 is 1. The number of ether oxygens (including phenoxy) is 1. The number of aryl methyl sites for hydroxylation is 1. The zero-order chi connectivity index (χ0) is 15.4. The third-order valence-corrected chi connectivity index (χ3v) is 3.43. The summed E-state index contributed by atoms with van der Waals surface area (Å²) in [5.74, 6) is 0.732. The first-order valence-corrected chi connectivity index (χ1v) is 6.99. The second-order valence-electron chi connectivity index (χ2n) is 4.86. The minimum absolute atomic E-state index is 0.0681. The monoisotopic (exact) mass is 296 g/mol. The lowest BCUT2D eigenvalue weighted by atomic mass is 10.1. The van der Waals surface area contributed by atoms with Crippen LogP contribution in [0.3, 0.4) is 0 Å². The average molecular weight is 296 g/mol. The summed E-state index contributed by atoms with van der Waals surface area (Å²) in [5, 5.41) is 13.5. The molecule has 0 saturated carbocycles. The van der Waals surface area contributed by atoms with Crippen molar-refractivity contribution in [1.29, 1.82) is 0 Å². The molecule has 6 nitrogen and oxygen atoms in total. The van der Waals surface area contributed by atoms with E-state index in [0.717, 1.165) is 16.8 Å². The van der Waals surface area contributed by atoms with E-state index in [9.17, 15) is 4.79 Å². The first-order valence-electron chi connectivity index (χ1n) is 6.99. The molecule has 3 aromatic rings. The van der Waals surface area contributed by atoms with Crippen LogP contribution in [0.5, 0.6) is 5.75 Å². The van der Waals surface area contributed by atoms with Crippen LogP contribution in [0.2, 0.25) is 0 Å². The molecule has 0 aliphatic carbocycles. The topological polar surface area (TPSA) is 79.9 Å². The van der Waals surface area contributed by atoms with E-state index in [1.54, 1.807) is 7.11 Å². The van der Waals surface area contributed by atoms with Crippen LogP contribution in [0.25, 0.3) is 11.0 Å². The normalized spacial score (nSPS) is 10.6. The van der Waals surface area contributed by atoms with Crippen molar-refractivity contribution in [1.82, 2.24) is 15.4 Å². The number of carbonyl (C=O) groups excluding carboxylic acids is 1. The van der Waals surface area contributed by atoms with Gasteiger partial charge in [0.25, 0.3) is 0 Å². The summed E-state index contributed by atoms with van der Waals surface area (Å²) in [6, 6.07) is 13.2. The Morgan fingerprint density at radius 1 is 1.18 bits per heavy atom. The van der Waals surface area contributed by atoms with Gasteiger partial charge in [0, 0.05) is 6.42 Å². The smallest absolute Gasteiger partial charge is 0.224 e. The summed E-state index contributed by atoms with van der Waals surface area (Å²) < 4.78 is 5.29. The third kappa shape index (κ3) is 2.90. The molecule has 0 aliphatic heterocycles. The van der Waals surface area contributed by atoms with E-state index in [0.29, 0.717) is 24.0 Å². The van der Waals surface area contributed by atoms with Gasteiger partial charge >= 0.3 is 0 Å². The molecule has 0 unspecified atom stereocenters. The van der Waals surface area contributed by atoms with E-state index < -0.39 is 0 Å². The van der Waals surface area contributed by atoms with E-state index in [-0.39, 0.29) is 5.91 Å². The van der Waals surface area contributed by atoms with E-state index in [4.69, 9.17) is 4.74 Å². The molecule has 6 heteroatoms. The number of anilines is 1. The van der Waals surface area contributed by atoms with Crippen LogP contribution in [0, 0.1) is 0 Å². The van der Waals surface area contributed by atoms with Crippen molar-refractivity contribution >= 4 is 22.6 Å². The molecular weight excluding hydrogens is 280 g/mol. The van der Waals surface area contributed by atoms with Gasteiger partial charge in [-0.1, -0.05) is 24.3 Å². The zero-order valence-electron chi connectivity index (χ0n) is 12.2. The number of benzene rings is 2. The number of carbonyl (C=O) groups is 1. The van der Waals surface area contributed by atoms with Gasteiger partial charge in [0.2, 0.25) is 5.91 Å². The summed E-state index contributed by atoms with van der Waals surface area (Å²) in [4.78, 5) is 12.1. The van der Waals surface area contributed by atoms with E-state index >= 15 is 0 Å². The number of nitrogens with one attached hydrogen (secondary N) is 2. The van der Waals surface area contributed by atoms with Crippen LogP contribution in [-0.4, -0.2) is 28.4 Å². The van der Waals surface area contributed by atoms with Crippen molar-refractivity contribution in [3.8, 4) is 5.75 Å². The zero-order valence-corrected chi connectivity index (χ0v) is 12.2. The number of hydrogen-bond acceptors (Lipinski definition) is 4. The first-order chi connectivity index (χ1) is 10.8. The molecule has 0 spiro atoms. The van der Waals surface area contributed by atoms with Gasteiger partial charge in [0.05, 0.1) is 12.8 Å². The number of H-pyrrole nitrogens is 1. The number of hydrogen-bond donors (Lipinski definition) is 2. The predicted octanol–water partition coefficient (Wildman–Crippen LogP) is 2.54. The summed E-state index contributed by atoms with van der Waals surface area (Å²) in [6.45, 7) is 0. The van der Waals surface area contributed by atoms with Crippen molar-refractivity contribution in [2.45, 2.75) is 12.8 Å². The largest absolute Gasteiger partial charge is 0.496 e. The van der Waals surface area contributed by atoms with Crippen molar-refractivity contribution in [2.75, 3.05) is 12.4 Å². The second kappa shape index (κ2) is 6.26. The predicted molar refractivity (Wildman–Crippen MR) is 83.8 cm³/mol. The second-order valence-corrected chi connectivity index (χ2v) is 4.86. The minimum atomic E-state index is -0.0681. The maximum atomic E-state index is 12.1. The van der Waals surface area contributed by atoms with Gasteiger partial charge in [-0.3, -0.25) is 4.79 Å². The van der Waals surface area contributed by atoms with Crippen molar-refractivity contribution in [2.24, 2.45) is 0 Å². The van der Waals surface area contributed by atoms with Crippen molar-refractivity contribution in [3.63, 3.8) is 0 Å². The summed E-state index contributed by atoms with van der Waals surface area (Å²) in [7, 11) is 1.63. The standard InChI is InChI=1S/C16H16N4O2/c1-22-14-8-3-2-5-11(14)9-10-15(21)17-12-6-4-7-13-16(12)19-20-18-13/h2-8H,9-10H2,1H3,(H,17,21)(H,18,19,20). The molecule has 3 rings (SSSR count). The maximum absolute atomic E-state index is 12.1. The fourth-order valence-electron chi connectivity index (χ4n) is 2.34.